The van der Waals surface area contributed by atoms with Gasteiger partial charge < -0.3 is 19.9 Å². The van der Waals surface area contributed by atoms with Crippen LogP contribution in [0.1, 0.15) is 40.3 Å². The van der Waals surface area contributed by atoms with Crippen molar-refractivity contribution in [1.82, 2.24) is 20.2 Å². The number of aryl methyl sites for hydroxylation is 1. The first-order valence-corrected chi connectivity index (χ1v) is 11.1. The lowest BCUT2D eigenvalue weighted by Crippen LogP contribution is -2.42. The van der Waals surface area contributed by atoms with Gasteiger partial charge in [0.05, 0.1) is 12.6 Å². The van der Waals surface area contributed by atoms with Gasteiger partial charge in [0.1, 0.15) is 23.9 Å². The average molecular weight is 417 g/mol. The Morgan fingerprint density at radius 2 is 2.00 bits per heavy atom. The minimum absolute atomic E-state index is 0.0370. The van der Waals surface area contributed by atoms with Crippen LogP contribution >= 0.6 is 0 Å². The molecule has 0 bridgehead atoms. The van der Waals surface area contributed by atoms with E-state index >= 15 is 0 Å². The van der Waals surface area contributed by atoms with E-state index in [1.54, 1.807) is 0 Å². The molecule has 0 aliphatic carbocycles. The summed E-state index contributed by atoms with van der Waals surface area (Å²) >= 11 is 0. The Bertz CT molecular complexity index is 1050. The minimum Gasteiger partial charge on any atom is -0.491 e. The molecular weight excluding hydrogens is 388 g/mol. The number of ether oxygens (including phenoxy) is 1. The molecule has 2 unspecified atom stereocenters. The van der Waals surface area contributed by atoms with Crippen molar-refractivity contribution in [2.75, 3.05) is 6.61 Å². The summed E-state index contributed by atoms with van der Waals surface area (Å²) in [5, 5.41) is 6.66. The third kappa shape index (κ3) is 4.64. The number of hydrogen-bond acceptors (Lipinski definition) is 4. The first kappa shape index (κ1) is 19.8. The molecule has 3 heterocycles. The van der Waals surface area contributed by atoms with Crippen LogP contribution in [0.15, 0.2) is 60.8 Å². The Hall–Kier alpha value is -3.12. The maximum atomic E-state index is 12.8. The number of fused-ring (bicyclic) bond motifs is 2. The van der Waals surface area contributed by atoms with Gasteiger partial charge in [-0.25, -0.2) is 4.98 Å². The van der Waals surface area contributed by atoms with E-state index in [0.29, 0.717) is 24.9 Å². The maximum Gasteiger partial charge on any atom is 0.271 e. The summed E-state index contributed by atoms with van der Waals surface area (Å²) in [6.07, 6.45) is 6.01. The zero-order valence-electron chi connectivity index (χ0n) is 17.6. The fourth-order valence-corrected chi connectivity index (χ4v) is 4.47. The highest BCUT2D eigenvalue weighted by Crippen LogP contribution is 2.24. The molecule has 0 spiro atoms. The van der Waals surface area contributed by atoms with E-state index < -0.39 is 0 Å². The van der Waals surface area contributed by atoms with Crippen LogP contribution in [0.25, 0.3) is 0 Å². The second-order valence-electron chi connectivity index (χ2n) is 8.44. The molecule has 3 aromatic rings. The van der Waals surface area contributed by atoms with Crippen LogP contribution in [-0.2, 0) is 25.9 Å². The van der Waals surface area contributed by atoms with Crippen molar-refractivity contribution in [2.45, 2.75) is 50.9 Å². The first-order valence-electron chi connectivity index (χ1n) is 11.1. The molecular formula is C25H28N4O2. The van der Waals surface area contributed by atoms with Crippen LogP contribution in [0, 0.1) is 0 Å². The van der Waals surface area contributed by atoms with Gasteiger partial charge in [-0.05, 0) is 42.9 Å². The molecule has 2 aliphatic heterocycles. The van der Waals surface area contributed by atoms with E-state index in [9.17, 15) is 4.79 Å². The molecule has 5 rings (SSSR count). The molecule has 160 valence electrons. The number of benzene rings is 2. The van der Waals surface area contributed by atoms with Crippen LogP contribution in [0.5, 0.6) is 5.75 Å². The Labute approximate surface area is 182 Å². The smallest absolute Gasteiger partial charge is 0.271 e. The molecule has 0 saturated heterocycles. The number of carbonyl (C=O) groups is 1. The lowest BCUT2D eigenvalue weighted by atomic mass is 10.0. The molecule has 6 nitrogen and oxygen atoms in total. The SMILES string of the molecule is O=C(NC1COc2ccccc2C1)c1cn2c(n1)CNC(CCCc1ccccc1)C2. The molecule has 0 saturated carbocycles. The molecule has 2 aliphatic rings. The van der Waals surface area contributed by atoms with Crippen molar-refractivity contribution in [2.24, 2.45) is 0 Å². The van der Waals surface area contributed by atoms with Gasteiger partial charge in [-0.15, -0.1) is 0 Å². The van der Waals surface area contributed by atoms with E-state index in [1.807, 2.05) is 30.5 Å². The lowest BCUT2D eigenvalue weighted by molar-refractivity contribution is 0.0910. The van der Waals surface area contributed by atoms with E-state index in [2.05, 4.69) is 50.5 Å². The normalized spacial score (nSPS) is 19.7. The maximum absolute atomic E-state index is 12.8. The number of hydrogen-bond donors (Lipinski definition) is 2. The van der Waals surface area contributed by atoms with E-state index in [1.165, 1.54) is 5.56 Å². The molecule has 31 heavy (non-hydrogen) atoms. The Morgan fingerprint density at radius 3 is 2.90 bits per heavy atom. The zero-order chi connectivity index (χ0) is 21.0. The standard InChI is InChI=1S/C25H28N4O2/c30-25(27-21-13-19-10-4-5-12-23(19)31-17-21)22-16-29-15-20(26-14-24(29)28-22)11-6-9-18-7-2-1-3-8-18/h1-5,7-8,10,12,16,20-21,26H,6,9,11,13-15,17H2,(H,27,30). The second-order valence-corrected chi connectivity index (χ2v) is 8.44. The third-order valence-corrected chi connectivity index (χ3v) is 6.13. The van der Waals surface area contributed by atoms with Gasteiger partial charge in [0, 0.05) is 18.8 Å². The highest BCUT2D eigenvalue weighted by molar-refractivity contribution is 5.92. The molecule has 6 heteroatoms. The predicted molar refractivity (Wildman–Crippen MR) is 119 cm³/mol. The summed E-state index contributed by atoms with van der Waals surface area (Å²) in [6, 6.07) is 19.0. The number of imidazole rings is 1. The van der Waals surface area contributed by atoms with Crippen molar-refractivity contribution in [1.29, 1.82) is 0 Å². The van der Waals surface area contributed by atoms with Crippen molar-refractivity contribution in [3.8, 4) is 5.75 Å². The van der Waals surface area contributed by atoms with E-state index in [0.717, 1.165) is 49.4 Å². The van der Waals surface area contributed by atoms with Crippen LogP contribution < -0.4 is 15.4 Å². The average Bonchev–Trinajstić information content (AvgIpc) is 3.23. The quantitative estimate of drug-likeness (QED) is 0.648. The van der Waals surface area contributed by atoms with Gasteiger partial charge in [0.15, 0.2) is 0 Å². The van der Waals surface area contributed by atoms with Crippen molar-refractivity contribution >= 4 is 5.91 Å². The largest absolute Gasteiger partial charge is 0.491 e. The van der Waals surface area contributed by atoms with Gasteiger partial charge in [-0.1, -0.05) is 48.5 Å². The van der Waals surface area contributed by atoms with E-state index in [-0.39, 0.29) is 11.9 Å². The number of rotatable bonds is 6. The van der Waals surface area contributed by atoms with Crippen LogP contribution in [-0.4, -0.2) is 34.1 Å². The van der Waals surface area contributed by atoms with Gasteiger partial charge >= 0.3 is 0 Å². The molecule has 0 fully saturated rings. The molecule has 1 aromatic heterocycles. The van der Waals surface area contributed by atoms with Crippen molar-refractivity contribution in [3.05, 3.63) is 83.4 Å². The molecule has 0 radical (unpaired) electrons. The van der Waals surface area contributed by atoms with Gasteiger partial charge in [0.2, 0.25) is 0 Å². The number of nitrogens with zero attached hydrogens (tertiary/aromatic N) is 2. The van der Waals surface area contributed by atoms with Crippen molar-refractivity contribution < 1.29 is 9.53 Å². The predicted octanol–water partition coefficient (Wildman–Crippen LogP) is 3.11. The van der Waals surface area contributed by atoms with Crippen LogP contribution in [0.4, 0.5) is 0 Å². The molecule has 1 amide bonds. The Balaban J connectivity index is 1.15. The number of nitrogens with one attached hydrogen (secondary N) is 2. The summed E-state index contributed by atoms with van der Waals surface area (Å²) in [5.41, 5.74) is 3.00. The van der Waals surface area contributed by atoms with Gasteiger partial charge in [0.25, 0.3) is 5.91 Å². The first-order chi connectivity index (χ1) is 15.2. The fraction of sp³-hybridized carbons (Fsp3) is 0.360. The summed E-state index contributed by atoms with van der Waals surface area (Å²) in [6.45, 7) is 2.04. The number of para-hydroxylation sites is 1. The molecule has 2 N–H and O–H groups in total. The zero-order valence-corrected chi connectivity index (χ0v) is 17.6. The van der Waals surface area contributed by atoms with Crippen LogP contribution in [0.3, 0.4) is 0 Å². The number of amides is 1. The lowest BCUT2D eigenvalue weighted by Gasteiger charge is -2.25. The van der Waals surface area contributed by atoms with Gasteiger partial charge in [-0.3, -0.25) is 4.79 Å². The Morgan fingerprint density at radius 1 is 1.16 bits per heavy atom. The number of carbonyl (C=O) groups excluding carboxylic acids is 1. The summed E-state index contributed by atoms with van der Waals surface area (Å²) in [5.74, 6) is 1.71. The topological polar surface area (TPSA) is 68.2 Å². The minimum atomic E-state index is -0.129. The second kappa shape index (κ2) is 8.94. The highest BCUT2D eigenvalue weighted by atomic mass is 16.5. The van der Waals surface area contributed by atoms with Crippen LogP contribution in [0.2, 0.25) is 0 Å². The fourth-order valence-electron chi connectivity index (χ4n) is 4.47. The van der Waals surface area contributed by atoms with Gasteiger partial charge in [-0.2, -0.15) is 0 Å². The summed E-state index contributed by atoms with van der Waals surface area (Å²) < 4.78 is 7.92. The summed E-state index contributed by atoms with van der Waals surface area (Å²) in [7, 11) is 0. The van der Waals surface area contributed by atoms with Crippen molar-refractivity contribution in [3.63, 3.8) is 0 Å². The molecule has 2 aromatic carbocycles. The van der Waals surface area contributed by atoms with E-state index in [4.69, 9.17) is 4.74 Å². The third-order valence-electron chi connectivity index (χ3n) is 6.13. The molecule has 2 atom stereocenters. The Kier molecular flexibility index (Phi) is 5.71. The number of aromatic nitrogens is 2. The monoisotopic (exact) mass is 416 g/mol. The highest BCUT2D eigenvalue weighted by Gasteiger charge is 2.25. The summed E-state index contributed by atoms with van der Waals surface area (Å²) in [4.78, 5) is 17.4.